The van der Waals surface area contributed by atoms with E-state index in [1.807, 2.05) is 41.7 Å². The van der Waals surface area contributed by atoms with Crippen molar-refractivity contribution in [3.8, 4) is 0 Å². The molecule has 5 heteroatoms. The lowest BCUT2D eigenvalue weighted by Gasteiger charge is -2.35. The topological polar surface area (TPSA) is 32.3 Å². The summed E-state index contributed by atoms with van der Waals surface area (Å²) < 4.78 is 0.895. The second-order valence-corrected chi connectivity index (χ2v) is 8.22. The molecule has 2 aromatic carbocycles. The molecule has 0 radical (unpaired) electrons. The van der Waals surface area contributed by atoms with Gasteiger partial charge in [-0.05, 0) is 57.1 Å². The number of benzene rings is 2. The lowest BCUT2D eigenvalue weighted by atomic mass is 9.93. The predicted molar refractivity (Wildman–Crippen MR) is 111 cm³/mol. The number of fused-ring (bicyclic) bond motifs is 1. The maximum absolute atomic E-state index is 12.7. The Kier molecular flexibility index (Phi) is 5.20. The van der Waals surface area contributed by atoms with Crippen LogP contribution in [0.25, 0.3) is 0 Å². The highest BCUT2D eigenvalue weighted by Crippen LogP contribution is 2.37. The molecule has 0 spiro atoms. The highest BCUT2D eigenvalue weighted by atomic mass is 79.9. The minimum absolute atomic E-state index is 0.0107. The van der Waals surface area contributed by atoms with Crippen LogP contribution in [0.1, 0.15) is 22.0 Å². The first-order valence-corrected chi connectivity index (χ1v) is 10.3. The second kappa shape index (κ2) is 7.74. The Bertz CT molecular complexity index is 909. The van der Waals surface area contributed by atoms with Crippen LogP contribution in [0.3, 0.4) is 0 Å². The first kappa shape index (κ1) is 17.5. The zero-order chi connectivity index (χ0) is 17.9. The molecule has 0 unspecified atom stereocenters. The highest BCUT2D eigenvalue weighted by molar-refractivity contribution is 9.10. The quantitative estimate of drug-likeness (QED) is 0.629. The van der Waals surface area contributed by atoms with E-state index in [4.69, 9.17) is 0 Å². The van der Waals surface area contributed by atoms with Crippen molar-refractivity contribution in [2.45, 2.75) is 12.5 Å². The molecule has 0 fully saturated rings. The molecule has 1 aliphatic heterocycles. The normalized spacial score (nSPS) is 16.9. The van der Waals surface area contributed by atoms with Gasteiger partial charge in [0.15, 0.2) is 0 Å². The first-order valence-electron chi connectivity index (χ1n) is 8.62. The zero-order valence-electron chi connectivity index (χ0n) is 14.2. The Balaban J connectivity index is 1.57. The summed E-state index contributed by atoms with van der Waals surface area (Å²) in [4.78, 5) is 16.4. The van der Waals surface area contributed by atoms with Crippen molar-refractivity contribution in [2.75, 3.05) is 18.4 Å². The van der Waals surface area contributed by atoms with Crippen molar-refractivity contribution in [1.82, 2.24) is 4.90 Å². The molecular formula is C21H19BrN2OS. The molecule has 1 aliphatic rings. The molecule has 1 amide bonds. The summed E-state index contributed by atoms with van der Waals surface area (Å²) in [5, 5.41) is 5.18. The Morgan fingerprint density at radius 1 is 1.12 bits per heavy atom. The molecule has 4 rings (SSSR count). The summed E-state index contributed by atoms with van der Waals surface area (Å²) in [5.41, 5.74) is 3.38. The fraction of sp³-hybridized carbons (Fsp3) is 0.190. The van der Waals surface area contributed by atoms with E-state index >= 15 is 0 Å². The van der Waals surface area contributed by atoms with Crippen LogP contribution in [0.4, 0.5) is 5.69 Å². The van der Waals surface area contributed by atoms with Crippen molar-refractivity contribution in [1.29, 1.82) is 0 Å². The van der Waals surface area contributed by atoms with Crippen molar-refractivity contribution in [2.24, 2.45) is 0 Å². The minimum Gasteiger partial charge on any atom is -0.324 e. The summed E-state index contributed by atoms with van der Waals surface area (Å²) in [6.45, 7) is 1.26. The number of rotatable bonds is 4. The molecule has 1 N–H and O–H groups in total. The molecule has 1 atom stereocenters. The van der Waals surface area contributed by atoms with Gasteiger partial charge in [0, 0.05) is 15.9 Å². The molecule has 132 valence electrons. The van der Waals surface area contributed by atoms with Gasteiger partial charge in [-0.15, -0.1) is 11.3 Å². The molecule has 26 heavy (non-hydrogen) atoms. The number of hydrogen-bond donors (Lipinski definition) is 1. The van der Waals surface area contributed by atoms with E-state index in [0.29, 0.717) is 6.54 Å². The SMILES string of the molecule is O=C(CN1CCc2sccc2[C@@H]1c1ccccc1)Nc1ccccc1Br. The lowest BCUT2D eigenvalue weighted by Crippen LogP contribution is -2.40. The molecule has 0 saturated heterocycles. The minimum atomic E-state index is 0.0107. The van der Waals surface area contributed by atoms with E-state index in [9.17, 15) is 4.79 Å². The Morgan fingerprint density at radius 3 is 2.69 bits per heavy atom. The predicted octanol–water partition coefficient (Wildman–Crippen LogP) is 5.10. The van der Waals surface area contributed by atoms with Gasteiger partial charge in [0.05, 0.1) is 18.3 Å². The van der Waals surface area contributed by atoms with E-state index in [-0.39, 0.29) is 11.9 Å². The van der Waals surface area contributed by atoms with Crippen molar-refractivity contribution in [3.05, 3.63) is 86.5 Å². The van der Waals surface area contributed by atoms with Crippen molar-refractivity contribution < 1.29 is 4.79 Å². The molecule has 3 nitrogen and oxygen atoms in total. The van der Waals surface area contributed by atoms with Gasteiger partial charge in [-0.3, -0.25) is 9.69 Å². The summed E-state index contributed by atoms with van der Waals surface area (Å²) in [5.74, 6) is 0.0107. The van der Waals surface area contributed by atoms with Crippen molar-refractivity contribution in [3.63, 3.8) is 0 Å². The Morgan fingerprint density at radius 2 is 1.88 bits per heavy atom. The fourth-order valence-corrected chi connectivity index (χ4v) is 4.79. The van der Waals surface area contributed by atoms with Crippen LogP contribution in [-0.4, -0.2) is 23.9 Å². The van der Waals surface area contributed by atoms with Crippen LogP contribution < -0.4 is 5.32 Å². The van der Waals surface area contributed by atoms with E-state index in [1.165, 1.54) is 16.0 Å². The standard InChI is InChI=1S/C21H19BrN2OS/c22-17-8-4-5-9-18(17)23-20(25)14-24-12-10-19-16(11-13-26-19)21(24)15-6-2-1-3-7-15/h1-9,11,13,21H,10,12,14H2,(H,23,25)/t21-/m0/s1. The van der Waals surface area contributed by atoms with Gasteiger partial charge in [-0.2, -0.15) is 0 Å². The fourth-order valence-electron chi connectivity index (χ4n) is 3.50. The maximum Gasteiger partial charge on any atom is 0.238 e. The van der Waals surface area contributed by atoms with Crippen LogP contribution >= 0.6 is 27.3 Å². The molecule has 0 bridgehead atoms. The molecular weight excluding hydrogens is 408 g/mol. The summed E-state index contributed by atoms with van der Waals surface area (Å²) in [7, 11) is 0. The number of nitrogens with zero attached hydrogens (tertiary/aromatic N) is 1. The summed E-state index contributed by atoms with van der Waals surface area (Å²) >= 11 is 5.30. The third-order valence-corrected chi connectivity index (χ3v) is 6.36. The largest absolute Gasteiger partial charge is 0.324 e. The summed E-state index contributed by atoms with van der Waals surface area (Å²) in [6.07, 6.45) is 0.999. The van der Waals surface area contributed by atoms with E-state index in [2.05, 4.69) is 61.9 Å². The van der Waals surface area contributed by atoms with E-state index < -0.39 is 0 Å². The van der Waals surface area contributed by atoms with Gasteiger partial charge in [0.25, 0.3) is 0 Å². The van der Waals surface area contributed by atoms with E-state index in [1.54, 1.807) is 0 Å². The summed E-state index contributed by atoms with van der Waals surface area (Å²) in [6, 6.07) is 20.5. The number of amides is 1. The molecule has 0 aliphatic carbocycles. The van der Waals surface area contributed by atoms with Crippen molar-refractivity contribution >= 4 is 38.9 Å². The van der Waals surface area contributed by atoms with Crippen LogP contribution in [0.5, 0.6) is 0 Å². The average Bonchev–Trinajstić information content (AvgIpc) is 3.13. The van der Waals surface area contributed by atoms with Crippen LogP contribution in [-0.2, 0) is 11.2 Å². The van der Waals surface area contributed by atoms with Gasteiger partial charge in [0.1, 0.15) is 0 Å². The van der Waals surface area contributed by atoms with Gasteiger partial charge >= 0.3 is 0 Å². The molecule has 1 aromatic heterocycles. The molecule has 0 saturated carbocycles. The van der Waals surface area contributed by atoms with Gasteiger partial charge < -0.3 is 5.32 Å². The van der Waals surface area contributed by atoms with Gasteiger partial charge in [0.2, 0.25) is 5.91 Å². The highest BCUT2D eigenvalue weighted by Gasteiger charge is 2.30. The molecule has 2 heterocycles. The second-order valence-electron chi connectivity index (χ2n) is 6.36. The Hall–Kier alpha value is -1.95. The van der Waals surface area contributed by atoms with E-state index in [0.717, 1.165) is 23.1 Å². The number of hydrogen-bond acceptors (Lipinski definition) is 3. The van der Waals surface area contributed by atoms with Gasteiger partial charge in [-0.25, -0.2) is 0 Å². The third-order valence-electron chi connectivity index (χ3n) is 4.68. The number of para-hydroxylation sites is 1. The first-order chi connectivity index (χ1) is 12.7. The smallest absolute Gasteiger partial charge is 0.238 e. The van der Waals surface area contributed by atoms with Crippen LogP contribution in [0.15, 0.2) is 70.5 Å². The Labute approximate surface area is 165 Å². The van der Waals surface area contributed by atoms with Crippen LogP contribution in [0.2, 0.25) is 0 Å². The lowest BCUT2D eigenvalue weighted by molar-refractivity contribution is -0.117. The maximum atomic E-state index is 12.7. The number of anilines is 1. The van der Waals surface area contributed by atoms with Gasteiger partial charge in [-0.1, -0.05) is 42.5 Å². The zero-order valence-corrected chi connectivity index (χ0v) is 16.6. The number of carbonyl (C=O) groups is 1. The number of nitrogens with one attached hydrogen (secondary N) is 1. The number of thiophene rings is 1. The number of carbonyl (C=O) groups excluding carboxylic acids is 1. The third kappa shape index (κ3) is 3.61. The molecule has 3 aromatic rings. The monoisotopic (exact) mass is 426 g/mol. The number of halogens is 1. The average molecular weight is 427 g/mol. The van der Waals surface area contributed by atoms with Crippen LogP contribution in [0, 0.1) is 0 Å².